The molecule has 0 saturated carbocycles. The van der Waals surface area contributed by atoms with Gasteiger partial charge in [-0.2, -0.15) is 5.10 Å². The summed E-state index contributed by atoms with van der Waals surface area (Å²) in [6.07, 6.45) is 0.850. The lowest BCUT2D eigenvalue weighted by atomic mass is 10.1. The molecule has 0 aliphatic carbocycles. The van der Waals surface area contributed by atoms with Crippen LogP contribution in [0.15, 0.2) is 60.7 Å². The van der Waals surface area contributed by atoms with E-state index in [4.69, 9.17) is 0 Å². The molecule has 4 nitrogen and oxygen atoms in total. The van der Waals surface area contributed by atoms with Gasteiger partial charge >= 0.3 is 0 Å². The zero-order valence-electron chi connectivity index (χ0n) is 14.1. The number of rotatable bonds is 6. The minimum Gasteiger partial charge on any atom is -0.347 e. The molecule has 5 heteroatoms. The average molecular weight is 337 g/mol. The highest BCUT2D eigenvalue weighted by Gasteiger charge is 2.16. The first kappa shape index (κ1) is 16.9. The van der Waals surface area contributed by atoms with Crippen LogP contribution in [0, 0.1) is 5.82 Å². The molecule has 0 saturated heterocycles. The Morgan fingerprint density at radius 1 is 1.12 bits per heavy atom. The Bertz CT molecular complexity index is 858. The minimum atomic E-state index is -0.322. The topological polar surface area (TPSA) is 46.9 Å². The van der Waals surface area contributed by atoms with Crippen molar-refractivity contribution in [3.05, 3.63) is 77.7 Å². The molecule has 1 heterocycles. The fourth-order valence-electron chi connectivity index (χ4n) is 2.64. The molecule has 1 N–H and O–H groups in total. The Hall–Kier alpha value is -2.95. The minimum absolute atomic E-state index is 0.188. The molecule has 0 radical (unpaired) electrons. The number of carbonyl (C=O) groups excluding carboxylic acids is 1. The molecule has 0 aliphatic rings. The summed E-state index contributed by atoms with van der Waals surface area (Å²) < 4.78 is 15.1. The molecule has 128 valence electrons. The van der Waals surface area contributed by atoms with Crippen LogP contribution in [0.2, 0.25) is 0 Å². The van der Waals surface area contributed by atoms with E-state index in [2.05, 4.69) is 10.4 Å². The maximum atomic E-state index is 13.5. The predicted octanol–water partition coefficient (Wildman–Crippen LogP) is 4.03. The van der Waals surface area contributed by atoms with E-state index in [0.717, 1.165) is 12.0 Å². The summed E-state index contributed by atoms with van der Waals surface area (Å²) in [5.74, 6) is -0.509. The average Bonchev–Trinajstić information content (AvgIpc) is 3.05. The van der Waals surface area contributed by atoms with Gasteiger partial charge in [-0.1, -0.05) is 49.4 Å². The van der Waals surface area contributed by atoms with Crippen molar-refractivity contribution in [2.45, 2.75) is 26.4 Å². The van der Waals surface area contributed by atoms with Gasteiger partial charge in [-0.05, 0) is 30.2 Å². The van der Waals surface area contributed by atoms with E-state index in [1.807, 2.05) is 37.3 Å². The van der Waals surface area contributed by atoms with Crippen LogP contribution >= 0.6 is 0 Å². The molecule has 0 atom stereocenters. The Balaban J connectivity index is 1.82. The zero-order valence-corrected chi connectivity index (χ0v) is 14.1. The van der Waals surface area contributed by atoms with Gasteiger partial charge in [-0.3, -0.25) is 9.48 Å². The number of aryl methyl sites for hydroxylation is 1. The molecule has 2 aromatic carbocycles. The monoisotopic (exact) mass is 337 g/mol. The SMILES string of the molecule is CCCn1nc(-c2cccc(F)c2)cc1C(=O)NCc1ccccc1. The second-order valence-electron chi connectivity index (χ2n) is 5.82. The van der Waals surface area contributed by atoms with E-state index >= 15 is 0 Å². The summed E-state index contributed by atoms with van der Waals surface area (Å²) >= 11 is 0. The summed E-state index contributed by atoms with van der Waals surface area (Å²) in [4.78, 5) is 12.6. The Kier molecular flexibility index (Phi) is 5.23. The normalized spacial score (nSPS) is 10.6. The molecule has 3 aromatic rings. The summed E-state index contributed by atoms with van der Waals surface area (Å²) in [5.41, 5.74) is 2.77. The Labute approximate surface area is 146 Å². The molecular formula is C20H20FN3O. The van der Waals surface area contributed by atoms with Crippen LogP contribution in [0.4, 0.5) is 4.39 Å². The third kappa shape index (κ3) is 4.12. The molecule has 0 spiro atoms. The Morgan fingerprint density at radius 3 is 2.64 bits per heavy atom. The molecular weight excluding hydrogens is 317 g/mol. The lowest BCUT2D eigenvalue weighted by Crippen LogP contribution is -2.25. The van der Waals surface area contributed by atoms with Crippen LogP contribution in [0.1, 0.15) is 29.4 Å². The molecule has 3 rings (SSSR count). The first-order valence-corrected chi connectivity index (χ1v) is 8.33. The maximum Gasteiger partial charge on any atom is 0.269 e. The van der Waals surface area contributed by atoms with Crippen LogP contribution in [0.25, 0.3) is 11.3 Å². The van der Waals surface area contributed by atoms with Gasteiger partial charge in [0.25, 0.3) is 5.91 Å². The lowest BCUT2D eigenvalue weighted by Gasteiger charge is -2.07. The van der Waals surface area contributed by atoms with Crippen molar-refractivity contribution in [3.8, 4) is 11.3 Å². The van der Waals surface area contributed by atoms with E-state index < -0.39 is 0 Å². The van der Waals surface area contributed by atoms with Crippen LogP contribution in [0.3, 0.4) is 0 Å². The van der Waals surface area contributed by atoms with Crippen molar-refractivity contribution in [2.75, 3.05) is 0 Å². The fourth-order valence-corrected chi connectivity index (χ4v) is 2.64. The van der Waals surface area contributed by atoms with E-state index in [1.54, 1.807) is 22.9 Å². The highest BCUT2D eigenvalue weighted by atomic mass is 19.1. The summed E-state index contributed by atoms with van der Waals surface area (Å²) in [6.45, 7) is 3.10. The van der Waals surface area contributed by atoms with Gasteiger partial charge in [0.2, 0.25) is 0 Å². The van der Waals surface area contributed by atoms with Gasteiger partial charge in [0.1, 0.15) is 11.5 Å². The fraction of sp³-hybridized carbons (Fsp3) is 0.200. The largest absolute Gasteiger partial charge is 0.347 e. The van der Waals surface area contributed by atoms with Gasteiger partial charge in [-0.25, -0.2) is 4.39 Å². The number of hydrogen-bond acceptors (Lipinski definition) is 2. The van der Waals surface area contributed by atoms with Crippen molar-refractivity contribution in [2.24, 2.45) is 0 Å². The number of aromatic nitrogens is 2. The molecule has 0 fully saturated rings. The molecule has 1 amide bonds. The number of halogens is 1. The molecule has 25 heavy (non-hydrogen) atoms. The van der Waals surface area contributed by atoms with Crippen molar-refractivity contribution >= 4 is 5.91 Å². The van der Waals surface area contributed by atoms with Gasteiger partial charge < -0.3 is 5.32 Å². The van der Waals surface area contributed by atoms with E-state index in [0.29, 0.717) is 30.0 Å². The molecule has 0 unspecified atom stereocenters. The quantitative estimate of drug-likeness (QED) is 0.738. The third-order valence-corrected chi connectivity index (χ3v) is 3.86. The van der Waals surface area contributed by atoms with Crippen molar-refractivity contribution in [1.82, 2.24) is 15.1 Å². The molecule has 0 bridgehead atoms. The van der Waals surface area contributed by atoms with E-state index in [9.17, 15) is 9.18 Å². The first-order chi connectivity index (χ1) is 12.2. The molecule has 0 aliphatic heterocycles. The lowest BCUT2D eigenvalue weighted by molar-refractivity contribution is 0.0940. The highest BCUT2D eigenvalue weighted by Crippen LogP contribution is 2.20. The number of nitrogens with zero attached hydrogens (tertiary/aromatic N) is 2. The summed E-state index contributed by atoms with van der Waals surface area (Å²) in [5, 5.41) is 7.39. The number of benzene rings is 2. The van der Waals surface area contributed by atoms with Gasteiger partial charge in [-0.15, -0.1) is 0 Å². The van der Waals surface area contributed by atoms with Crippen molar-refractivity contribution in [3.63, 3.8) is 0 Å². The van der Waals surface area contributed by atoms with Crippen LogP contribution in [-0.4, -0.2) is 15.7 Å². The van der Waals surface area contributed by atoms with Crippen LogP contribution < -0.4 is 5.32 Å². The zero-order chi connectivity index (χ0) is 17.6. The van der Waals surface area contributed by atoms with E-state index in [-0.39, 0.29) is 11.7 Å². The second-order valence-corrected chi connectivity index (χ2v) is 5.82. The number of amides is 1. The standard InChI is InChI=1S/C20H20FN3O/c1-2-11-24-19(20(25)22-14-15-7-4-3-5-8-15)13-18(23-24)16-9-6-10-17(21)12-16/h3-10,12-13H,2,11,14H2,1H3,(H,22,25). The Morgan fingerprint density at radius 2 is 1.92 bits per heavy atom. The predicted molar refractivity (Wildman–Crippen MR) is 95.5 cm³/mol. The summed E-state index contributed by atoms with van der Waals surface area (Å²) in [6, 6.07) is 17.7. The smallest absolute Gasteiger partial charge is 0.269 e. The van der Waals surface area contributed by atoms with E-state index in [1.165, 1.54) is 12.1 Å². The first-order valence-electron chi connectivity index (χ1n) is 8.33. The van der Waals surface area contributed by atoms with Gasteiger partial charge in [0.15, 0.2) is 0 Å². The number of nitrogens with one attached hydrogen (secondary N) is 1. The van der Waals surface area contributed by atoms with Crippen LogP contribution in [-0.2, 0) is 13.1 Å². The second kappa shape index (κ2) is 7.75. The summed E-state index contributed by atoms with van der Waals surface area (Å²) in [7, 11) is 0. The van der Waals surface area contributed by atoms with Gasteiger partial charge in [0, 0.05) is 18.7 Å². The molecule has 1 aromatic heterocycles. The highest BCUT2D eigenvalue weighted by molar-refractivity contribution is 5.93. The number of carbonyl (C=O) groups is 1. The third-order valence-electron chi connectivity index (χ3n) is 3.86. The van der Waals surface area contributed by atoms with Crippen molar-refractivity contribution in [1.29, 1.82) is 0 Å². The van der Waals surface area contributed by atoms with Crippen molar-refractivity contribution < 1.29 is 9.18 Å². The maximum absolute atomic E-state index is 13.5. The van der Waals surface area contributed by atoms with Gasteiger partial charge in [0.05, 0.1) is 5.69 Å². The number of hydrogen-bond donors (Lipinski definition) is 1. The van der Waals surface area contributed by atoms with Crippen LogP contribution in [0.5, 0.6) is 0 Å².